The number of nitrogens with zero attached hydrogens (tertiary/aromatic N) is 5. The fourth-order valence-corrected chi connectivity index (χ4v) is 2.62. The first-order valence-corrected chi connectivity index (χ1v) is 7.84. The zero-order valence-electron chi connectivity index (χ0n) is 13.8. The molecule has 0 radical (unpaired) electrons. The van der Waals surface area contributed by atoms with Crippen molar-refractivity contribution in [3.63, 3.8) is 0 Å². The maximum atomic E-state index is 5.27. The van der Waals surface area contributed by atoms with Crippen LogP contribution in [-0.2, 0) is 0 Å². The van der Waals surface area contributed by atoms with Gasteiger partial charge in [-0.3, -0.25) is 0 Å². The Morgan fingerprint density at radius 3 is 3.04 bits per heavy atom. The summed E-state index contributed by atoms with van der Waals surface area (Å²) >= 11 is 0. The summed E-state index contributed by atoms with van der Waals surface area (Å²) in [5.74, 6) is 1.51. The van der Waals surface area contributed by atoms with Crippen molar-refractivity contribution >= 4 is 17.0 Å². The summed E-state index contributed by atoms with van der Waals surface area (Å²) in [4.78, 5) is 15.6. The van der Waals surface area contributed by atoms with Crippen LogP contribution in [0.4, 0.5) is 5.82 Å². The van der Waals surface area contributed by atoms with Gasteiger partial charge in [-0.25, -0.2) is 19.6 Å². The summed E-state index contributed by atoms with van der Waals surface area (Å²) < 4.78 is 7.09. The molecule has 0 bridgehead atoms. The molecule has 4 rings (SSSR count). The number of hydrogen-bond donors (Lipinski definition) is 2. The second-order valence-electron chi connectivity index (χ2n) is 5.61. The van der Waals surface area contributed by atoms with E-state index in [0.717, 1.165) is 22.5 Å². The summed E-state index contributed by atoms with van der Waals surface area (Å²) in [7, 11) is 1.65. The molecule has 0 saturated carbocycles. The molecule has 1 unspecified atom stereocenters. The summed E-state index contributed by atoms with van der Waals surface area (Å²) in [6.45, 7) is 2.05. The van der Waals surface area contributed by atoms with Gasteiger partial charge in [0, 0.05) is 17.8 Å². The first-order chi connectivity index (χ1) is 12.2. The smallest absolute Gasteiger partial charge is 0.182 e. The third-order valence-corrected chi connectivity index (χ3v) is 4.00. The topological polar surface area (TPSA) is 93.5 Å². The molecule has 1 aromatic carbocycles. The van der Waals surface area contributed by atoms with E-state index in [4.69, 9.17) is 4.74 Å². The number of aromatic nitrogens is 6. The minimum absolute atomic E-state index is 0.0146. The van der Waals surface area contributed by atoms with Crippen molar-refractivity contribution in [3.05, 3.63) is 54.9 Å². The van der Waals surface area contributed by atoms with Gasteiger partial charge in [0.05, 0.1) is 31.4 Å². The van der Waals surface area contributed by atoms with E-state index in [2.05, 4.69) is 37.3 Å². The SMILES string of the molecule is COc1cccc(-n2cc(C(C)Nc3ncnc4nc[nH]c34)cn2)c1. The molecule has 0 aliphatic heterocycles. The Kier molecular flexibility index (Phi) is 3.77. The monoisotopic (exact) mass is 335 g/mol. The predicted molar refractivity (Wildman–Crippen MR) is 93.8 cm³/mol. The summed E-state index contributed by atoms with van der Waals surface area (Å²) in [6, 6.07) is 7.78. The van der Waals surface area contributed by atoms with E-state index >= 15 is 0 Å². The quantitative estimate of drug-likeness (QED) is 0.582. The fraction of sp³-hybridized carbons (Fsp3) is 0.176. The molecule has 1 atom stereocenters. The van der Waals surface area contributed by atoms with E-state index in [1.807, 2.05) is 41.3 Å². The van der Waals surface area contributed by atoms with Crippen LogP contribution in [0.15, 0.2) is 49.3 Å². The number of rotatable bonds is 5. The largest absolute Gasteiger partial charge is 0.497 e. The van der Waals surface area contributed by atoms with Crippen molar-refractivity contribution in [1.29, 1.82) is 0 Å². The number of ether oxygens (including phenoxy) is 1. The third-order valence-electron chi connectivity index (χ3n) is 4.00. The molecule has 126 valence electrons. The molecule has 4 aromatic rings. The van der Waals surface area contributed by atoms with Crippen molar-refractivity contribution in [2.75, 3.05) is 12.4 Å². The molecule has 0 aliphatic carbocycles. The zero-order chi connectivity index (χ0) is 17.2. The molecule has 25 heavy (non-hydrogen) atoms. The van der Waals surface area contributed by atoms with Gasteiger partial charge in [0.15, 0.2) is 11.5 Å². The number of methoxy groups -OCH3 is 1. The Balaban J connectivity index is 1.58. The van der Waals surface area contributed by atoms with Gasteiger partial charge in [-0.05, 0) is 19.1 Å². The molecule has 0 amide bonds. The standard InChI is InChI=1S/C17H17N7O/c1-11(23-17-15-16(19-9-18-15)20-10-21-17)12-7-22-24(8-12)13-4-3-5-14(6-13)25-2/h3-11H,1-2H3,(H2,18,19,20,21,23). The number of H-pyrrole nitrogens is 1. The molecule has 2 N–H and O–H groups in total. The number of aromatic amines is 1. The highest BCUT2D eigenvalue weighted by Gasteiger charge is 2.13. The van der Waals surface area contributed by atoms with E-state index in [0.29, 0.717) is 11.5 Å². The van der Waals surface area contributed by atoms with Gasteiger partial charge >= 0.3 is 0 Å². The molecule has 8 nitrogen and oxygen atoms in total. The molecule has 0 aliphatic rings. The highest BCUT2D eigenvalue weighted by atomic mass is 16.5. The molecule has 3 heterocycles. The van der Waals surface area contributed by atoms with Crippen LogP contribution in [0.25, 0.3) is 16.9 Å². The number of fused-ring (bicyclic) bond motifs is 1. The Labute approximate surface area is 143 Å². The predicted octanol–water partition coefficient (Wildman–Crippen LogP) is 2.72. The van der Waals surface area contributed by atoms with Gasteiger partial charge in [0.25, 0.3) is 0 Å². The van der Waals surface area contributed by atoms with E-state index in [1.165, 1.54) is 6.33 Å². The fourth-order valence-electron chi connectivity index (χ4n) is 2.62. The van der Waals surface area contributed by atoms with Crippen molar-refractivity contribution in [2.24, 2.45) is 0 Å². The van der Waals surface area contributed by atoms with Crippen LogP contribution in [0.2, 0.25) is 0 Å². The van der Waals surface area contributed by atoms with E-state index in [1.54, 1.807) is 13.4 Å². The Bertz CT molecular complexity index is 1010. The first kappa shape index (κ1) is 15.1. The normalized spacial score (nSPS) is 12.2. The molecular formula is C17H17N7O. The average Bonchev–Trinajstić information content (AvgIpc) is 3.31. The highest BCUT2D eigenvalue weighted by Crippen LogP contribution is 2.23. The maximum Gasteiger partial charge on any atom is 0.182 e. The van der Waals surface area contributed by atoms with Crippen molar-refractivity contribution in [2.45, 2.75) is 13.0 Å². The highest BCUT2D eigenvalue weighted by molar-refractivity contribution is 5.82. The molecule has 0 saturated heterocycles. The minimum atomic E-state index is 0.0146. The van der Waals surface area contributed by atoms with Crippen LogP contribution < -0.4 is 10.1 Å². The number of nitrogens with one attached hydrogen (secondary N) is 2. The summed E-state index contributed by atoms with van der Waals surface area (Å²) in [6.07, 6.45) is 6.92. The van der Waals surface area contributed by atoms with Gasteiger partial charge < -0.3 is 15.0 Å². The van der Waals surface area contributed by atoms with Crippen LogP contribution in [0, 0.1) is 0 Å². The second kappa shape index (κ2) is 6.23. The lowest BCUT2D eigenvalue weighted by Gasteiger charge is -2.12. The first-order valence-electron chi connectivity index (χ1n) is 7.84. The summed E-state index contributed by atoms with van der Waals surface area (Å²) in [5.41, 5.74) is 3.40. The van der Waals surface area contributed by atoms with E-state index in [-0.39, 0.29) is 6.04 Å². The lowest BCUT2D eigenvalue weighted by Crippen LogP contribution is -2.08. The number of imidazole rings is 1. The average molecular weight is 335 g/mol. The second-order valence-corrected chi connectivity index (χ2v) is 5.61. The number of benzene rings is 1. The van der Waals surface area contributed by atoms with Crippen LogP contribution in [0.1, 0.15) is 18.5 Å². The van der Waals surface area contributed by atoms with Crippen molar-refractivity contribution in [3.8, 4) is 11.4 Å². The van der Waals surface area contributed by atoms with Crippen molar-refractivity contribution < 1.29 is 4.74 Å². The third kappa shape index (κ3) is 2.89. The van der Waals surface area contributed by atoms with Gasteiger partial charge in [-0.1, -0.05) is 6.07 Å². The minimum Gasteiger partial charge on any atom is -0.497 e. The summed E-state index contributed by atoms with van der Waals surface area (Å²) in [5, 5.41) is 7.82. The van der Waals surface area contributed by atoms with Gasteiger partial charge in [-0.2, -0.15) is 5.10 Å². The Hall–Kier alpha value is -3.42. The van der Waals surface area contributed by atoms with E-state index < -0.39 is 0 Å². The van der Waals surface area contributed by atoms with Crippen LogP contribution in [0.3, 0.4) is 0 Å². The van der Waals surface area contributed by atoms with Crippen molar-refractivity contribution in [1.82, 2.24) is 29.7 Å². The van der Waals surface area contributed by atoms with Crippen LogP contribution in [-0.4, -0.2) is 36.8 Å². The van der Waals surface area contributed by atoms with E-state index in [9.17, 15) is 0 Å². The molecular weight excluding hydrogens is 318 g/mol. The lowest BCUT2D eigenvalue weighted by molar-refractivity contribution is 0.414. The Morgan fingerprint density at radius 2 is 2.16 bits per heavy atom. The van der Waals surface area contributed by atoms with Crippen LogP contribution in [0.5, 0.6) is 5.75 Å². The maximum absolute atomic E-state index is 5.27. The van der Waals surface area contributed by atoms with Crippen LogP contribution >= 0.6 is 0 Å². The Morgan fingerprint density at radius 1 is 1.24 bits per heavy atom. The molecule has 0 fully saturated rings. The lowest BCUT2D eigenvalue weighted by atomic mass is 10.2. The van der Waals surface area contributed by atoms with Gasteiger partial charge in [-0.15, -0.1) is 0 Å². The van der Waals surface area contributed by atoms with Gasteiger partial charge in [0.2, 0.25) is 0 Å². The number of hydrogen-bond acceptors (Lipinski definition) is 6. The number of anilines is 1. The molecule has 3 aromatic heterocycles. The molecule has 0 spiro atoms. The molecule has 8 heteroatoms. The van der Waals surface area contributed by atoms with Gasteiger partial charge in [0.1, 0.15) is 17.6 Å². The zero-order valence-corrected chi connectivity index (χ0v) is 13.8.